The highest BCUT2D eigenvalue weighted by molar-refractivity contribution is 6.17. The highest BCUT2D eigenvalue weighted by atomic mass is 35.5. The van der Waals surface area contributed by atoms with Crippen LogP contribution in [-0.2, 0) is 5.88 Å². The molecule has 0 aliphatic rings. The summed E-state index contributed by atoms with van der Waals surface area (Å²) in [4.78, 5) is 0. The summed E-state index contributed by atoms with van der Waals surface area (Å²) >= 11 is 5.84. The first-order valence-corrected chi connectivity index (χ1v) is 7.54. The molecule has 1 atom stereocenters. The lowest BCUT2D eigenvalue weighted by atomic mass is 10.00. The van der Waals surface area contributed by atoms with Gasteiger partial charge in [-0.15, -0.1) is 11.6 Å². The highest BCUT2D eigenvalue weighted by Gasteiger charge is 2.10. The van der Waals surface area contributed by atoms with Gasteiger partial charge in [0, 0.05) is 5.88 Å². The van der Waals surface area contributed by atoms with Gasteiger partial charge in [-0.05, 0) is 42.9 Å². The minimum absolute atomic E-state index is 0.490. The van der Waals surface area contributed by atoms with Crippen molar-refractivity contribution in [1.82, 2.24) is 0 Å². The molecule has 0 aliphatic heterocycles. The van der Waals surface area contributed by atoms with Crippen LogP contribution in [0.15, 0.2) is 18.2 Å². The lowest BCUT2D eigenvalue weighted by Gasteiger charge is -2.17. The van der Waals surface area contributed by atoms with E-state index in [0.717, 1.165) is 23.7 Å². The predicted molar refractivity (Wildman–Crippen MR) is 81.3 cm³/mol. The Kier molecular flexibility index (Phi) is 7.07. The number of alkyl halides is 1. The van der Waals surface area contributed by atoms with Gasteiger partial charge in [0.1, 0.15) is 0 Å². The molecule has 0 radical (unpaired) electrons. The van der Waals surface area contributed by atoms with E-state index in [1.54, 1.807) is 0 Å². The van der Waals surface area contributed by atoms with Gasteiger partial charge in [-0.25, -0.2) is 0 Å². The van der Waals surface area contributed by atoms with Crippen molar-refractivity contribution in [1.29, 1.82) is 0 Å². The van der Waals surface area contributed by atoms with Crippen LogP contribution in [0.4, 0.5) is 0 Å². The van der Waals surface area contributed by atoms with E-state index in [-0.39, 0.29) is 0 Å². The first-order chi connectivity index (χ1) is 9.06. The van der Waals surface area contributed by atoms with E-state index in [1.807, 2.05) is 25.1 Å². The Morgan fingerprint density at radius 3 is 2.42 bits per heavy atom. The Hall–Kier alpha value is -0.890. The zero-order valence-electron chi connectivity index (χ0n) is 12.4. The number of benzene rings is 1. The lowest BCUT2D eigenvalue weighted by molar-refractivity contribution is 0.224. The molecule has 1 rings (SSSR count). The summed E-state index contributed by atoms with van der Waals surface area (Å²) in [5, 5.41) is 0. The van der Waals surface area contributed by atoms with Crippen LogP contribution < -0.4 is 9.47 Å². The summed E-state index contributed by atoms with van der Waals surface area (Å²) in [6, 6.07) is 5.89. The van der Waals surface area contributed by atoms with Crippen LogP contribution in [0.5, 0.6) is 11.5 Å². The summed E-state index contributed by atoms with van der Waals surface area (Å²) in [6.07, 6.45) is 1.17. The van der Waals surface area contributed by atoms with E-state index < -0.39 is 0 Å². The SMILES string of the molecule is CCOc1cc(CCl)ccc1OCC(C)CC(C)C. The van der Waals surface area contributed by atoms with Gasteiger partial charge in [-0.1, -0.05) is 26.8 Å². The van der Waals surface area contributed by atoms with Crippen molar-refractivity contribution in [3.63, 3.8) is 0 Å². The Morgan fingerprint density at radius 1 is 1.11 bits per heavy atom. The second-order valence-corrected chi connectivity index (χ2v) is 5.66. The Morgan fingerprint density at radius 2 is 1.84 bits per heavy atom. The van der Waals surface area contributed by atoms with Gasteiger partial charge < -0.3 is 9.47 Å². The van der Waals surface area contributed by atoms with Crippen molar-refractivity contribution in [3.05, 3.63) is 23.8 Å². The Labute approximate surface area is 122 Å². The Bertz CT molecular complexity index is 377. The predicted octanol–water partition coefficient (Wildman–Crippen LogP) is 4.89. The maximum absolute atomic E-state index is 5.88. The molecule has 19 heavy (non-hydrogen) atoms. The van der Waals surface area contributed by atoms with E-state index >= 15 is 0 Å². The summed E-state index contributed by atoms with van der Waals surface area (Å²) < 4.78 is 11.5. The zero-order valence-corrected chi connectivity index (χ0v) is 13.2. The van der Waals surface area contributed by atoms with Gasteiger partial charge in [0.15, 0.2) is 11.5 Å². The first kappa shape index (κ1) is 16.2. The third kappa shape index (κ3) is 5.73. The number of halogens is 1. The van der Waals surface area contributed by atoms with Crippen LogP contribution in [0.1, 0.15) is 39.7 Å². The normalized spacial score (nSPS) is 12.5. The molecular weight excluding hydrogens is 260 g/mol. The number of hydrogen-bond donors (Lipinski definition) is 0. The van der Waals surface area contributed by atoms with Crippen LogP contribution in [0.3, 0.4) is 0 Å². The highest BCUT2D eigenvalue weighted by Crippen LogP contribution is 2.29. The molecule has 0 fully saturated rings. The zero-order chi connectivity index (χ0) is 14.3. The minimum Gasteiger partial charge on any atom is -0.490 e. The molecule has 2 nitrogen and oxygen atoms in total. The molecule has 0 heterocycles. The van der Waals surface area contributed by atoms with Crippen molar-refractivity contribution in [2.24, 2.45) is 11.8 Å². The van der Waals surface area contributed by atoms with Crippen LogP contribution in [0.25, 0.3) is 0 Å². The smallest absolute Gasteiger partial charge is 0.161 e. The van der Waals surface area contributed by atoms with Gasteiger partial charge in [0.05, 0.1) is 13.2 Å². The second-order valence-electron chi connectivity index (χ2n) is 5.39. The molecule has 1 aromatic carbocycles. The molecule has 0 bridgehead atoms. The molecule has 1 aromatic rings. The van der Waals surface area contributed by atoms with Crippen LogP contribution in [0, 0.1) is 11.8 Å². The maximum Gasteiger partial charge on any atom is 0.161 e. The van der Waals surface area contributed by atoms with Gasteiger partial charge in [-0.2, -0.15) is 0 Å². The molecule has 0 aliphatic carbocycles. The van der Waals surface area contributed by atoms with E-state index in [4.69, 9.17) is 21.1 Å². The fourth-order valence-corrected chi connectivity index (χ4v) is 2.29. The molecule has 0 spiro atoms. The number of hydrogen-bond acceptors (Lipinski definition) is 2. The first-order valence-electron chi connectivity index (χ1n) is 7.01. The van der Waals surface area contributed by atoms with E-state index in [9.17, 15) is 0 Å². The average molecular weight is 285 g/mol. The molecule has 0 aromatic heterocycles. The molecular formula is C16H25ClO2. The van der Waals surface area contributed by atoms with Crippen molar-refractivity contribution in [3.8, 4) is 11.5 Å². The fraction of sp³-hybridized carbons (Fsp3) is 0.625. The molecule has 0 amide bonds. The van der Waals surface area contributed by atoms with Crippen LogP contribution >= 0.6 is 11.6 Å². The van der Waals surface area contributed by atoms with E-state index in [1.165, 1.54) is 6.42 Å². The number of ether oxygens (including phenoxy) is 2. The van der Waals surface area contributed by atoms with Gasteiger partial charge in [0.25, 0.3) is 0 Å². The van der Waals surface area contributed by atoms with Crippen molar-refractivity contribution in [2.45, 2.75) is 40.0 Å². The third-order valence-corrected chi connectivity index (χ3v) is 3.17. The van der Waals surface area contributed by atoms with Crippen LogP contribution in [-0.4, -0.2) is 13.2 Å². The van der Waals surface area contributed by atoms with Crippen molar-refractivity contribution < 1.29 is 9.47 Å². The second kappa shape index (κ2) is 8.31. The average Bonchev–Trinajstić information content (AvgIpc) is 2.36. The van der Waals surface area contributed by atoms with Gasteiger partial charge in [-0.3, -0.25) is 0 Å². The third-order valence-electron chi connectivity index (χ3n) is 2.86. The molecule has 0 saturated carbocycles. The van der Waals surface area contributed by atoms with E-state index in [2.05, 4.69) is 20.8 Å². The van der Waals surface area contributed by atoms with E-state index in [0.29, 0.717) is 24.3 Å². The quantitative estimate of drug-likeness (QED) is 0.633. The molecule has 0 saturated heterocycles. The van der Waals surface area contributed by atoms with Crippen LogP contribution in [0.2, 0.25) is 0 Å². The lowest BCUT2D eigenvalue weighted by Crippen LogP contribution is -2.11. The summed E-state index contributed by atoms with van der Waals surface area (Å²) in [7, 11) is 0. The summed E-state index contributed by atoms with van der Waals surface area (Å²) in [5.74, 6) is 3.33. The maximum atomic E-state index is 5.88. The molecule has 3 heteroatoms. The molecule has 108 valence electrons. The molecule has 0 N–H and O–H groups in total. The fourth-order valence-electron chi connectivity index (χ4n) is 2.13. The topological polar surface area (TPSA) is 18.5 Å². The summed E-state index contributed by atoms with van der Waals surface area (Å²) in [5.41, 5.74) is 1.05. The van der Waals surface area contributed by atoms with Gasteiger partial charge in [0.2, 0.25) is 0 Å². The number of rotatable bonds is 8. The van der Waals surface area contributed by atoms with Crippen molar-refractivity contribution in [2.75, 3.05) is 13.2 Å². The largest absolute Gasteiger partial charge is 0.490 e. The standard InChI is InChI=1S/C16H25ClO2/c1-5-18-16-9-14(10-17)6-7-15(16)19-11-13(4)8-12(2)3/h6-7,9,12-13H,5,8,10-11H2,1-4H3. The molecule has 1 unspecified atom stereocenters. The Balaban J connectivity index is 2.66. The van der Waals surface area contributed by atoms with Crippen molar-refractivity contribution >= 4 is 11.6 Å². The minimum atomic E-state index is 0.490. The van der Waals surface area contributed by atoms with Gasteiger partial charge >= 0.3 is 0 Å². The monoisotopic (exact) mass is 284 g/mol. The summed E-state index contributed by atoms with van der Waals surface area (Å²) in [6.45, 7) is 10.0.